The van der Waals surface area contributed by atoms with Gasteiger partial charge in [0.05, 0.1) is 3.42 Å². The highest BCUT2D eigenvalue weighted by Gasteiger charge is 2.39. The highest BCUT2D eigenvalue weighted by atomic mass is 127. The lowest BCUT2D eigenvalue weighted by Crippen LogP contribution is -2.33. The molecule has 1 aromatic rings. The summed E-state index contributed by atoms with van der Waals surface area (Å²) < 4.78 is -0.0544. The van der Waals surface area contributed by atoms with Gasteiger partial charge >= 0.3 is 0 Å². The van der Waals surface area contributed by atoms with Crippen LogP contribution in [0.15, 0.2) is 12.4 Å². The van der Waals surface area contributed by atoms with Crippen molar-refractivity contribution in [2.45, 2.75) is 57.3 Å². The largest absolute Gasteiger partial charge is 0.240 e. The zero-order valence-corrected chi connectivity index (χ0v) is 14.1. The summed E-state index contributed by atoms with van der Waals surface area (Å²) in [5.41, 5.74) is 1.43. The Bertz CT molecular complexity index is 380. The summed E-state index contributed by atoms with van der Waals surface area (Å²) in [4.78, 5) is 9.13. The first kappa shape index (κ1) is 14.9. The Kier molecular flexibility index (Phi) is 3.92. The van der Waals surface area contributed by atoms with Crippen LogP contribution in [0, 0.1) is 5.41 Å². The lowest BCUT2D eigenvalue weighted by atomic mass is 9.81. The van der Waals surface area contributed by atoms with Crippen LogP contribution in [0.4, 0.5) is 0 Å². The van der Waals surface area contributed by atoms with Crippen LogP contribution >= 0.6 is 22.6 Å². The fourth-order valence-corrected chi connectivity index (χ4v) is 1.57. The van der Waals surface area contributed by atoms with Gasteiger partial charge in [0.25, 0.3) is 0 Å². The van der Waals surface area contributed by atoms with Gasteiger partial charge in [0, 0.05) is 12.4 Å². The molecule has 0 aliphatic rings. The minimum Gasteiger partial charge on any atom is -0.240 e. The van der Waals surface area contributed by atoms with E-state index in [-0.39, 0.29) is 14.3 Å². The number of aromatic nitrogens is 2. The molecule has 0 N–H and O–H groups in total. The molecule has 0 aromatic carbocycles. The third kappa shape index (κ3) is 3.18. The molecule has 0 amide bonds. The second-order valence-corrected chi connectivity index (χ2v) is 8.96. The number of nitrogens with zero attached hydrogens (tertiary/aromatic N) is 2. The molecule has 96 valence electrons. The van der Waals surface area contributed by atoms with Gasteiger partial charge in [-0.3, -0.25) is 0 Å². The van der Waals surface area contributed by atoms with Crippen molar-refractivity contribution >= 4 is 22.6 Å². The number of rotatable bonds is 1. The molecule has 0 radical (unpaired) electrons. The second kappa shape index (κ2) is 4.48. The molecule has 1 atom stereocenters. The van der Waals surface area contributed by atoms with Gasteiger partial charge in [0.15, 0.2) is 0 Å². The highest BCUT2D eigenvalue weighted by Crippen LogP contribution is 2.45. The molecule has 0 aliphatic heterocycles. The molecule has 0 spiro atoms. The van der Waals surface area contributed by atoms with Gasteiger partial charge < -0.3 is 0 Å². The number of halogens is 1. The summed E-state index contributed by atoms with van der Waals surface area (Å²) in [6.45, 7) is 15.4. The van der Waals surface area contributed by atoms with E-state index in [1.165, 1.54) is 5.56 Å². The van der Waals surface area contributed by atoms with Gasteiger partial charge in [0.1, 0.15) is 5.82 Å². The van der Waals surface area contributed by atoms with E-state index in [1.54, 1.807) is 0 Å². The maximum absolute atomic E-state index is 4.56. The second-order valence-electron chi connectivity index (χ2n) is 6.80. The first-order valence-corrected chi connectivity index (χ1v) is 7.06. The maximum atomic E-state index is 4.56. The molecule has 0 bridgehead atoms. The Morgan fingerprint density at radius 1 is 0.882 bits per heavy atom. The minimum absolute atomic E-state index is 0.0544. The standard InChI is InChI=1S/C14H23IN2/c1-12(2,3)10-8-16-11(17-9-10)14(7,15)13(4,5)6/h8-9H,1-7H3. The van der Waals surface area contributed by atoms with E-state index in [0.717, 1.165) is 5.82 Å². The van der Waals surface area contributed by atoms with Crippen molar-refractivity contribution in [3.63, 3.8) is 0 Å². The SMILES string of the molecule is CC(C)(C)c1cnc(C(C)(I)C(C)(C)C)nc1. The smallest absolute Gasteiger partial charge is 0.144 e. The summed E-state index contributed by atoms with van der Waals surface area (Å²) >= 11 is 2.46. The van der Waals surface area contributed by atoms with Gasteiger partial charge in [-0.15, -0.1) is 0 Å². The first-order valence-electron chi connectivity index (χ1n) is 5.98. The number of alkyl halides is 1. The maximum Gasteiger partial charge on any atom is 0.144 e. The molecule has 1 heterocycles. The summed E-state index contributed by atoms with van der Waals surface area (Å²) in [6, 6.07) is 0. The molecule has 1 unspecified atom stereocenters. The molecule has 1 aromatic heterocycles. The predicted molar refractivity (Wildman–Crippen MR) is 81.6 cm³/mol. The normalized spacial score (nSPS) is 16.7. The summed E-state index contributed by atoms with van der Waals surface area (Å²) in [6.07, 6.45) is 3.93. The van der Waals surface area contributed by atoms with Crippen molar-refractivity contribution < 1.29 is 0 Å². The molecule has 17 heavy (non-hydrogen) atoms. The Balaban J connectivity index is 3.12. The lowest BCUT2D eigenvalue weighted by molar-refractivity contribution is 0.309. The fraction of sp³-hybridized carbons (Fsp3) is 0.714. The average molecular weight is 346 g/mol. The van der Waals surface area contributed by atoms with Crippen molar-refractivity contribution in [2.75, 3.05) is 0 Å². The Labute approximate surface area is 119 Å². The molecule has 0 saturated heterocycles. The van der Waals surface area contributed by atoms with E-state index in [1.807, 2.05) is 12.4 Å². The molecule has 0 aliphatic carbocycles. The van der Waals surface area contributed by atoms with Crippen LogP contribution in [-0.4, -0.2) is 9.97 Å². The average Bonchev–Trinajstić information content (AvgIpc) is 2.15. The molecular weight excluding hydrogens is 323 g/mol. The van der Waals surface area contributed by atoms with Crippen molar-refractivity contribution in [1.82, 2.24) is 9.97 Å². The van der Waals surface area contributed by atoms with Crippen LogP contribution in [0.1, 0.15) is 59.9 Å². The molecule has 1 rings (SSSR count). The quantitative estimate of drug-likeness (QED) is 0.554. The van der Waals surface area contributed by atoms with E-state index < -0.39 is 0 Å². The third-order valence-corrected chi connectivity index (χ3v) is 5.45. The van der Waals surface area contributed by atoms with E-state index >= 15 is 0 Å². The number of hydrogen-bond acceptors (Lipinski definition) is 2. The minimum atomic E-state index is -0.0544. The van der Waals surface area contributed by atoms with E-state index in [0.29, 0.717) is 0 Å². The van der Waals surface area contributed by atoms with Crippen LogP contribution in [-0.2, 0) is 8.84 Å². The lowest BCUT2D eigenvalue weighted by Gasteiger charge is -2.35. The zero-order chi connectivity index (χ0) is 13.5. The topological polar surface area (TPSA) is 25.8 Å². The zero-order valence-electron chi connectivity index (χ0n) is 11.9. The summed E-state index contributed by atoms with van der Waals surface area (Å²) in [5.74, 6) is 0.915. The molecular formula is C14H23IN2. The Morgan fingerprint density at radius 3 is 1.59 bits per heavy atom. The van der Waals surface area contributed by atoms with Crippen molar-refractivity contribution in [2.24, 2.45) is 5.41 Å². The molecule has 0 fully saturated rings. The van der Waals surface area contributed by atoms with Gasteiger partial charge in [-0.1, -0.05) is 64.1 Å². The van der Waals surface area contributed by atoms with E-state index in [9.17, 15) is 0 Å². The Morgan fingerprint density at radius 2 is 1.29 bits per heavy atom. The van der Waals surface area contributed by atoms with Crippen molar-refractivity contribution in [1.29, 1.82) is 0 Å². The van der Waals surface area contributed by atoms with Crippen molar-refractivity contribution in [3.8, 4) is 0 Å². The molecule has 3 heteroatoms. The first-order chi connectivity index (χ1) is 7.46. The van der Waals surface area contributed by atoms with Gasteiger partial charge in [0.2, 0.25) is 0 Å². The molecule has 2 nitrogen and oxygen atoms in total. The fourth-order valence-electron chi connectivity index (χ4n) is 1.29. The van der Waals surface area contributed by atoms with Crippen LogP contribution in [0.25, 0.3) is 0 Å². The van der Waals surface area contributed by atoms with E-state index in [4.69, 9.17) is 0 Å². The van der Waals surface area contributed by atoms with Gasteiger partial charge in [-0.05, 0) is 23.3 Å². The monoisotopic (exact) mass is 346 g/mol. The summed E-state index contributed by atoms with van der Waals surface area (Å²) in [7, 11) is 0. The number of hydrogen-bond donors (Lipinski definition) is 0. The van der Waals surface area contributed by atoms with E-state index in [2.05, 4.69) is 81.0 Å². The van der Waals surface area contributed by atoms with Crippen molar-refractivity contribution in [3.05, 3.63) is 23.8 Å². The predicted octanol–water partition coefficient (Wildman–Crippen LogP) is 4.47. The van der Waals surface area contributed by atoms with Gasteiger partial charge in [-0.25, -0.2) is 9.97 Å². The van der Waals surface area contributed by atoms with Crippen LogP contribution in [0.5, 0.6) is 0 Å². The van der Waals surface area contributed by atoms with Gasteiger partial charge in [-0.2, -0.15) is 0 Å². The van der Waals surface area contributed by atoms with Crippen LogP contribution in [0.2, 0.25) is 0 Å². The van der Waals surface area contributed by atoms with Crippen LogP contribution in [0.3, 0.4) is 0 Å². The highest BCUT2D eigenvalue weighted by molar-refractivity contribution is 14.1. The Hall–Kier alpha value is -0.190. The third-order valence-electron chi connectivity index (χ3n) is 3.35. The molecule has 0 saturated carbocycles. The summed E-state index contributed by atoms with van der Waals surface area (Å²) in [5, 5.41) is 0. The van der Waals surface area contributed by atoms with Crippen LogP contribution < -0.4 is 0 Å².